The maximum Gasteiger partial charge on any atom is 0.160 e. The number of hydrogen-bond acceptors (Lipinski definition) is 5. The molecule has 0 spiro atoms. The number of benzene rings is 1. The van der Waals surface area contributed by atoms with E-state index >= 15 is 0 Å². The minimum absolute atomic E-state index is 0.0905. The van der Waals surface area contributed by atoms with Gasteiger partial charge in [-0.25, -0.2) is 0 Å². The van der Waals surface area contributed by atoms with Gasteiger partial charge in [0.25, 0.3) is 0 Å². The van der Waals surface area contributed by atoms with Gasteiger partial charge in [-0.15, -0.1) is 0 Å². The smallest absolute Gasteiger partial charge is 0.160 e. The molecule has 0 saturated carbocycles. The van der Waals surface area contributed by atoms with Gasteiger partial charge in [-0.05, 0) is 24.6 Å². The highest BCUT2D eigenvalue weighted by molar-refractivity contribution is 5.80. The largest absolute Gasteiger partial charge is 0.497 e. The van der Waals surface area contributed by atoms with Crippen LogP contribution in [0.3, 0.4) is 0 Å². The zero-order chi connectivity index (χ0) is 13.5. The lowest BCUT2D eigenvalue weighted by atomic mass is 10.1. The van der Waals surface area contributed by atoms with Crippen molar-refractivity contribution >= 4 is 5.78 Å². The number of carbonyl (C=O) groups is 1. The summed E-state index contributed by atoms with van der Waals surface area (Å²) in [5.74, 6) is 0.279. The zero-order valence-corrected chi connectivity index (χ0v) is 10.5. The summed E-state index contributed by atoms with van der Waals surface area (Å²) in [4.78, 5) is 10.8. The van der Waals surface area contributed by atoms with E-state index in [4.69, 9.17) is 9.47 Å². The first-order valence-corrected chi connectivity index (χ1v) is 5.62. The fraction of sp³-hybridized carbons (Fsp3) is 0.462. The topological polar surface area (TPSA) is 76.0 Å². The molecule has 1 aromatic carbocycles. The normalized spacial score (nSPS) is 14.0. The number of aliphatic hydroxyl groups excluding tert-OH is 2. The van der Waals surface area contributed by atoms with Crippen molar-refractivity contribution in [2.75, 3.05) is 13.7 Å². The second-order valence-electron chi connectivity index (χ2n) is 3.99. The summed E-state index contributed by atoms with van der Waals surface area (Å²) in [7, 11) is 1.59. The summed E-state index contributed by atoms with van der Waals surface area (Å²) in [6, 6.07) is 7.29. The lowest BCUT2D eigenvalue weighted by molar-refractivity contribution is -0.133. The highest BCUT2D eigenvalue weighted by Crippen LogP contribution is 2.12. The van der Waals surface area contributed by atoms with Gasteiger partial charge in [0.1, 0.15) is 18.0 Å². The Kier molecular flexibility index (Phi) is 5.77. The molecular formula is C13H18O5. The summed E-state index contributed by atoms with van der Waals surface area (Å²) in [5.41, 5.74) is 0.917. The summed E-state index contributed by atoms with van der Waals surface area (Å²) in [6.07, 6.45) is -2.58. The maximum atomic E-state index is 10.8. The van der Waals surface area contributed by atoms with Crippen molar-refractivity contribution in [1.29, 1.82) is 0 Å². The van der Waals surface area contributed by atoms with Crippen molar-refractivity contribution in [3.63, 3.8) is 0 Å². The summed E-state index contributed by atoms with van der Waals surface area (Å²) in [6.45, 7) is 1.43. The van der Waals surface area contributed by atoms with E-state index in [1.165, 1.54) is 6.92 Å². The first-order chi connectivity index (χ1) is 8.54. The molecule has 2 N–H and O–H groups in total. The van der Waals surface area contributed by atoms with Crippen molar-refractivity contribution in [1.82, 2.24) is 0 Å². The standard InChI is InChI=1S/C13H18O5/c1-9(14)13(16)12(15)8-18-7-10-3-5-11(17-2)6-4-10/h3-6,12-13,15-16H,7-8H2,1-2H3/t12-,13-/m0/s1. The Bertz CT molecular complexity index is 373. The molecule has 0 aliphatic carbocycles. The second kappa shape index (κ2) is 7.10. The van der Waals surface area contributed by atoms with E-state index in [9.17, 15) is 15.0 Å². The van der Waals surface area contributed by atoms with Crippen LogP contribution >= 0.6 is 0 Å². The third-order valence-electron chi connectivity index (χ3n) is 2.50. The van der Waals surface area contributed by atoms with Crippen molar-refractivity contribution in [2.24, 2.45) is 0 Å². The van der Waals surface area contributed by atoms with Gasteiger partial charge in [-0.1, -0.05) is 12.1 Å². The number of aliphatic hydroxyl groups is 2. The Morgan fingerprint density at radius 3 is 2.39 bits per heavy atom. The van der Waals surface area contributed by atoms with Crippen molar-refractivity contribution in [3.8, 4) is 5.75 Å². The Labute approximate surface area is 106 Å². The fourth-order valence-electron chi connectivity index (χ4n) is 1.38. The minimum atomic E-state index is -1.39. The van der Waals surface area contributed by atoms with Crippen molar-refractivity contribution in [2.45, 2.75) is 25.7 Å². The third kappa shape index (κ3) is 4.44. The quantitative estimate of drug-likeness (QED) is 0.742. The number of ether oxygens (including phenoxy) is 2. The average molecular weight is 254 g/mol. The molecule has 0 unspecified atom stereocenters. The van der Waals surface area contributed by atoms with Gasteiger partial charge in [0.05, 0.1) is 20.3 Å². The van der Waals surface area contributed by atoms with Crippen LogP contribution in [0.1, 0.15) is 12.5 Å². The van der Waals surface area contributed by atoms with E-state index in [0.717, 1.165) is 11.3 Å². The first-order valence-electron chi connectivity index (χ1n) is 5.62. The molecule has 0 fully saturated rings. The van der Waals surface area contributed by atoms with Crippen molar-refractivity contribution < 1.29 is 24.5 Å². The Balaban J connectivity index is 2.34. The van der Waals surface area contributed by atoms with Gasteiger partial charge in [0.2, 0.25) is 0 Å². The molecule has 1 rings (SSSR count). The van der Waals surface area contributed by atoms with E-state index in [1.807, 2.05) is 12.1 Å². The molecule has 0 amide bonds. The van der Waals surface area contributed by atoms with Gasteiger partial charge in [0.15, 0.2) is 5.78 Å². The molecule has 5 nitrogen and oxygen atoms in total. The number of carbonyl (C=O) groups excluding carboxylic acids is 1. The highest BCUT2D eigenvalue weighted by Gasteiger charge is 2.20. The molecule has 2 atom stereocenters. The molecule has 0 heterocycles. The molecular weight excluding hydrogens is 236 g/mol. The number of rotatable bonds is 7. The van der Waals surface area contributed by atoms with Gasteiger partial charge in [0, 0.05) is 0 Å². The van der Waals surface area contributed by atoms with Crippen LogP contribution in [-0.4, -0.2) is 41.9 Å². The molecule has 0 aromatic heterocycles. The Hall–Kier alpha value is -1.43. The first kappa shape index (κ1) is 14.6. The van der Waals surface area contributed by atoms with Crippen LogP contribution in [0.5, 0.6) is 5.75 Å². The molecule has 1 aromatic rings. The SMILES string of the molecule is COc1ccc(COC[C@H](O)[C@@H](O)C(C)=O)cc1. The molecule has 18 heavy (non-hydrogen) atoms. The van der Waals surface area contributed by atoms with E-state index in [-0.39, 0.29) is 6.61 Å². The summed E-state index contributed by atoms with van der Waals surface area (Å²) >= 11 is 0. The predicted octanol–water partition coefficient (Wildman–Crippen LogP) is 0.523. The van der Waals surface area contributed by atoms with Crippen molar-refractivity contribution in [3.05, 3.63) is 29.8 Å². The lowest BCUT2D eigenvalue weighted by Crippen LogP contribution is -2.35. The lowest BCUT2D eigenvalue weighted by Gasteiger charge is -2.15. The van der Waals surface area contributed by atoms with Crippen LogP contribution < -0.4 is 4.74 Å². The van der Waals surface area contributed by atoms with Gasteiger partial charge < -0.3 is 19.7 Å². The molecule has 0 aliphatic rings. The van der Waals surface area contributed by atoms with Crippen LogP contribution in [0, 0.1) is 0 Å². The van der Waals surface area contributed by atoms with Gasteiger partial charge in [-0.3, -0.25) is 4.79 Å². The third-order valence-corrected chi connectivity index (χ3v) is 2.50. The van der Waals surface area contributed by atoms with Gasteiger partial charge >= 0.3 is 0 Å². The van der Waals surface area contributed by atoms with E-state index in [2.05, 4.69) is 0 Å². The number of ketones is 1. The van der Waals surface area contributed by atoms with Crippen LogP contribution in [0.15, 0.2) is 24.3 Å². The van der Waals surface area contributed by atoms with E-state index in [0.29, 0.717) is 6.61 Å². The predicted molar refractivity (Wildman–Crippen MR) is 65.3 cm³/mol. The van der Waals surface area contributed by atoms with E-state index < -0.39 is 18.0 Å². The summed E-state index contributed by atoms with van der Waals surface area (Å²) in [5, 5.41) is 18.7. The molecule has 100 valence electrons. The van der Waals surface area contributed by atoms with Crippen LogP contribution in [0.4, 0.5) is 0 Å². The maximum absolute atomic E-state index is 10.8. The monoisotopic (exact) mass is 254 g/mol. The molecule has 0 saturated heterocycles. The molecule has 5 heteroatoms. The van der Waals surface area contributed by atoms with Crippen LogP contribution in [-0.2, 0) is 16.1 Å². The Morgan fingerprint density at radius 1 is 1.28 bits per heavy atom. The molecule has 0 radical (unpaired) electrons. The fourth-order valence-corrected chi connectivity index (χ4v) is 1.38. The van der Waals surface area contributed by atoms with Crippen LogP contribution in [0.2, 0.25) is 0 Å². The van der Waals surface area contributed by atoms with E-state index in [1.54, 1.807) is 19.2 Å². The molecule has 0 bridgehead atoms. The van der Waals surface area contributed by atoms with Gasteiger partial charge in [-0.2, -0.15) is 0 Å². The minimum Gasteiger partial charge on any atom is -0.497 e. The number of Topliss-reactive ketones (excluding diaryl/α,β-unsaturated/α-hetero) is 1. The van der Waals surface area contributed by atoms with Crippen LogP contribution in [0.25, 0.3) is 0 Å². The zero-order valence-electron chi connectivity index (χ0n) is 10.5. The summed E-state index contributed by atoms with van der Waals surface area (Å²) < 4.78 is 10.2. The Morgan fingerprint density at radius 2 is 1.89 bits per heavy atom. The number of hydrogen-bond donors (Lipinski definition) is 2. The second-order valence-corrected chi connectivity index (χ2v) is 3.99. The average Bonchev–Trinajstić information content (AvgIpc) is 2.38. The molecule has 0 aliphatic heterocycles. The highest BCUT2D eigenvalue weighted by atomic mass is 16.5. The number of methoxy groups -OCH3 is 1.